The Morgan fingerprint density at radius 1 is 1.62 bits per heavy atom. The summed E-state index contributed by atoms with van der Waals surface area (Å²) in [6.45, 7) is 3.64. The van der Waals surface area contributed by atoms with Crippen LogP contribution in [0.1, 0.15) is 26.7 Å². The summed E-state index contributed by atoms with van der Waals surface area (Å²) in [6, 6.07) is 1.75. The number of nitrogens with zero attached hydrogens (tertiary/aromatic N) is 1. The molecular weight excluding hydrogens is 93.0 g/mol. The summed E-state index contributed by atoms with van der Waals surface area (Å²) < 4.78 is 0. The minimum absolute atomic E-state index is 1.34. The van der Waals surface area contributed by atoms with Crippen molar-refractivity contribution in [2.24, 2.45) is 0 Å². The molecule has 2 heteroatoms. The van der Waals surface area contributed by atoms with Crippen molar-refractivity contribution in [3.63, 3.8) is 0 Å². The summed E-state index contributed by atoms with van der Waals surface area (Å²) in [5.74, 6) is 0. The van der Waals surface area contributed by atoms with E-state index in [4.69, 9.17) is 5.26 Å². The Kier molecular flexibility index (Phi) is 21.5. The fourth-order valence-electron chi connectivity index (χ4n) is 0.354. The van der Waals surface area contributed by atoms with Gasteiger partial charge in [-0.15, -0.1) is 0 Å². The number of rotatable bonds is 2. The van der Waals surface area contributed by atoms with Gasteiger partial charge in [-0.25, -0.2) is 0 Å². The average molecular weight is 105 g/mol. The molecule has 0 radical (unpaired) electrons. The molecule has 0 aliphatic rings. The van der Waals surface area contributed by atoms with E-state index in [1.807, 2.05) is 0 Å². The number of hydrogen-bond donors (Lipinski definition) is 0. The molecule has 0 atom stereocenters. The molecule has 0 aromatic carbocycles. The van der Waals surface area contributed by atoms with Crippen LogP contribution in [0.4, 0.5) is 0 Å². The average Bonchev–Trinajstić information content (AvgIpc) is 1.71. The van der Waals surface area contributed by atoms with Gasteiger partial charge in [-0.2, -0.15) is 5.26 Å². The van der Waals surface area contributed by atoms with Gasteiger partial charge in [-0.3, -0.25) is 0 Å². The molecular formula is C6H12LiN. The van der Waals surface area contributed by atoms with E-state index in [0.717, 1.165) is 0 Å². The standard InChI is InChI=1S/C4H9.C2H3N.Li/c1-3-4-2;1-2-3;/h1,3-4H2,2H3;1H3;. The first-order valence-electron chi connectivity index (χ1n) is 3.14. The van der Waals surface area contributed by atoms with Gasteiger partial charge in [0.1, 0.15) is 0 Å². The van der Waals surface area contributed by atoms with E-state index in [-0.39, 0.29) is 0 Å². The van der Waals surface area contributed by atoms with Gasteiger partial charge in [0.2, 0.25) is 0 Å². The second-order valence-electron chi connectivity index (χ2n) is 1.58. The Hall–Kier alpha value is 0.0874. The van der Waals surface area contributed by atoms with Crippen LogP contribution in [0.2, 0.25) is 5.09 Å². The fourth-order valence-corrected chi connectivity index (χ4v) is 0.354. The molecule has 0 unspecified atom stereocenters. The Morgan fingerprint density at radius 3 is 2.00 bits per heavy atom. The van der Waals surface area contributed by atoms with Gasteiger partial charge in [-0.1, -0.05) is 0 Å². The molecule has 8 heavy (non-hydrogen) atoms. The monoisotopic (exact) mass is 105 g/mol. The van der Waals surface area contributed by atoms with Gasteiger partial charge in [0, 0.05) is 6.92 Å². The van der Waals surface area contributed by atoms with E-state index in [1.54, 1.807) is 6.07 Å². The van der Waals surface area contributed by atoms with Crippen LogP contribution >= 0.6 is 0 Å². The summed E-state index contributed by atoms with van der Waals surface area (Å²) in [6.07, 6.45) is 2.73. The quantitative estimate of drug-likeness (QED) is 0.492. The summed E-state index contributed by atoms with van der Waals surface area (Å²) >= 11 is 2.21. The van der Waals surface area contributed by atoms with Crippen molar-refractivity contribution in [3.8, 4) is 6.07 Å². The maximum absolute atomic E-state index is 7.32. The molecule has 0 saturated heterocycles. The molecule has 0 aliphatic heterocycles. The molecule has 0 bridgehead atoms. The molecule has 0 aromatic heterocycles. The van der Waals surface area contributed by atoms with E-state index in [0.29, 0.717) is 0 Å². The second-order valence-corrected chi connectivity index (χ2v) is 1.58. The first kappa shape index (κ1) is 11.0. The molecule has 0 spiro atoms. The molecule has 0 aromatic rings. The molecule has 0 N–H and O–H groups in total. The van der Waals surface area contributed by atoms with Crippen LogP contribution in [0.25, 0.3) is 0 Å². The molecule has 1 nitrogen and oxygen atoms in total. The van der Waals surface area contributed by atoms with Crippen molar-refractivity contribution in [1.29, 1.82) is 5.26 Å². The predicted octanol–water partition coefficient (Wildman–Crippen LogP) is 1.90. The molecule has 42 valence electrons. The summed E-state index contributed by atoms with van der Waals surface area (Å²) in [4.78, 5) is 0. The topological polar surface area (TPSA) is 23.8 Å². The van der Waals surface area contributed by atoms with Gasteiger partial charge in [-0.05, 0) is 0 Å². The van der Waals surface area contributed by atoms with E-state index in [2.05, 4.69) is 24.6 Å². The van der Waals surface area contributed by atoms with Crippen molar-refractivity contribution in [1.82, 2.24) is 0 Å². The number of unbranched alkanes of at least 4 members (excludes halogenated alkanes) is 1. The maximum atomic E-state index is 7.32. The van der Waals surface area contributed by atoms with Crippen molar-refractivity contribution < 1.29 is 0 Å². The molecule has 0 rings (SSSR count). The Morgan fingerprint density at radius 2 is 2.00 bits per heavy atom. The first-order valence-corrected chi connectivity index (χ1v) is 3.14. The summed E-state index contributed by atoms with van der Waals surface area (Å²) in [5, 5.41) is 8.66. The molecule has 0 fully saturated rings. The third-order valence-electron chi connectivity index (χ3n) is 0.707. The SMILES string of the molecule is CC#N.[Li][CH2]CCC. The van der Waals surface area contributed by atoms with E-state index >= 15 is 0 Å². The van der Waals surface area contributed by atoms with Gasteiger partial charge >= 0.3 is 42.6 Å². The van der Waals surface area contributed by atoms with Gasteiger partial charge in [0.05, 0.1) is 6.07 Å². The predicted molar refractivity (Wildman–Crippen MR) is 36.8 cm³/mol. The van der Waals surface area contributed by atoms with Gasteiger partial charge in [0.25, 0.3) is 0 Å². The zero-order chi connectivity index (χ0) is 6.83. The number of hydrogen-bond acceptors (Lipinski definition) is 1. The van der Waals surface area contributed by atoms with Crippen molar-refractivity contribution in [2.75, 3.05) is 0 Å². The van der Waals surface area contributed by atoms with Crippen LogP contribution < -0.4 is 0 Å². The zero-order valence-corrected chi connectivity index (χ0v) is 6.07. The zero-order valence-electron chi connectivity index (χ0n) is 6.07. The van der Waals surface area contributed by atoms with Crippen LogP contribution in [0, 0.1) is 11.3 Å². The first-order chi connectivity index (χ1) is 3.83. The van der Waals surface area contributed by atoms with Crippen LogP contribution in [-0.2, 0) is 0 Å². The van der Waals surface area contributed by atoms with E-state index < -0.39 is 0 Å². The van der Waals surface area contributed by atoms with Crippen molar-refractivity contribution in [3.05, 3.63) is 0 Å². The van der Waals surface area contributed by atoms with E-state index in [9.17, 15) is 0 Å². The van der Waals surface area contributed by atoms with Gasteiger partial charge < -0.3 is 0 Å². The van der Waals surface area contributed by atoms with Crippen molar-refractivity contribution >= 4 is 17.7 Å². The summed E-state index contributed by atoms with van der Waals surface area (Å²) in [5.41, 5.74) is 0. The third kappa shape index (κ3) is 36.2. The third-order valence-corrected chi connectivity index (χ3v) is 0.707. The van der Waals surface area contributed by atoms with E-state index in [1.165, 1.54) is 24.9 Å². The van der Waals surface area contributed by atoms with Crippen LogP contribution in [0.3, 0.4) is 0 Å². The Balaban J connectivity index is 0. The van der Waals surface area contributed by atoms with Crippen molar-refractivity contribution in [2.45, 2.75) is 31.8 Å². The minimum atomic E-state index is 1.34. The van der Waals surface area contributed by atoms with Crippen LogP contribution in [0.5, 0.6) is 0 Å². The second kappa shape index (κ2) is 15.7. The normalized spacial score (nSPS) is 6.38. The molecule has 0 heterocycles. The Labute approximate surface area is 61.3 Å². The Bertz CT molecular complexity index is 54.0. The summed E-state index contributed by atoms with van der Waals surface area (Å²) in [7, 11) is 0. The molecule has 0 amide bonds. The van der Waals surface area contributed by atoms with Crippen LogP contribution in [-0.4, -0.2) is 17.7 Å². The fraction of sp³-hybridized carbons (Fsp3) is 0.833. The van der Waals surface area contributed by atoms with Crippen LogP contribution in [0.15, 0.2) is 0 Å². The molecule has 0 saturated carbocycles. The van der Waals surface area contributed by atoms with Gasteiger partial charge in [0.15, 0.2) is 0 Å². The number of nitriles is 1. The molecule has 0 aliphatic carbocycles.